The first-order valence-electron chi connectivity index (χ1n) is 8.51. The highest BCUT2D eigenvalue weighted by atomic mass is 32.2. The maximum atomic E-state index is 4.49. The fourth-order valence-corrected chi connectivity index (χ4v) is 4.49. The Morgan fingerprint density at radius 1 is 1.23 bits per heavy atom. The average Bonchev–Trinajstić information content (AvgIpc) is 3.23. The molecule has 1 N–H and O–H groups in total. The van der Waals surface area contributed by atoms with Gasteiger partial charge in [-0.15, -0.1) is 0 Å². The molecule has 22 heavy (non-hydrogen) atoms. The molecule has 124 valence electrons. The van der Waals surface area contributed by atoms with Gasteiger partial charge in [0.1, 0.15) is 0 Å². The number of hydrogen-bond acceptors (Lipinski definition) is 4. The van der Waals surface area contributed by atoms with Crippen molar-refractivity contribution in [2.24, 2.45) is 4.99 Å². The molecule has 2 saturated heterocycles. The van der Waals surface area contributed by atoms with E-state index in [2.05, 4.69) is 48.9 Å². The first kappa shape index (κ1) is 16.1. The molecule has 1 unspecified atom stereocenters. The van der Waals surface area contributed by atoms with Crippen molar-refractivity contribution < 1.29 is 0 Å². The lowest BCUT2D eigenvalue weighted by atomic mass is 10.2. The van der Waals surface area contributed by atoms with E-state index in [0.717, 1.165) is 45.2 Å². The van der Waals surface area contributed by atoms with E-state index in [1.165, 1.54) is 31.0 Å². The molecule has 5 nitrogen and oxygen atoms in total. The van der Waals surface area contributed by atoms with E-state index in [1.54, 1.807) is 0 Å². The van der Waals surface area contributed by atoms with Crippen molar-refractivity contribution in [1.29, 1.82) is 0 Å². The van der Waals surface area contributed by atoms with E-state index in [1.807, 2.05) is 7.05 Å². The molecule has 0 spiro atoms. The summed E-state index contributed by atoms with van der Waals surface area (Å²) in [6.07, 6.45) is 5.82. The normalized spacial score (nSPS) is 27.8. The molecule has 0 aromatic rings. The van der Waals surface area contributed by atoms with Crippen LogP contribution in [0.5, 0.6) is 0 Å². The van der Waals surface area contributed by atoms with Crippen LogP contribution in [0.1, 0.15) is 6.42 Å². The molecule has 2 fully saturated rings. The van der Waals surface area contributed by atoms with Crippen molar-refractivity contribution in [2.75, 3.05) is 70.9 Å². The van der Waals surface area contributed by atoms with Crippen LogP contribution >= 0.6 is 11.8 Å². The number of rotatable bonds is 4. The molecule has 0 aromatic carbocycles. The van der Waals surface area contributed by atoms with Crippen molar-refractivity contribution in [2.45, 2.75) is 12.5 Å². The fourth-order valence-electron chi connectivity index (χ4n) is 3.51. The van der Waals surface area contributed by atoms with Gasteiger partial charge in [0.2, 0.25) is 0 Å². The van der Waals surface area contributed by atoms with Gasteiger partial charge in [-0.2, -0.15) is 11.8 Å². The third-order valence-electron chi connectivity index (χ3n) is 4.85. The molecule has 0 aliphatic carbocycles. The number of nitrogens with one attached hydrogen (secondary N) is 1. The quantitative estimate of drug-likeness (QED) is 0.464. The van der Waals surface area contributed by atoms with E-state index in [0.29, 0.717) is 6.04 Å². The average molecular weight is 324 g/mol. The van der Waals surface area contributed by atoms with Crippen LogP contribution in [0.4, 0.5) is 0 Å². The standard InChI is InChI=1S/C16H29N5S/c1-17-16(18-5-9-19-10-12-22-13-11-19)21-8-4-15(14-21)20-6-2-3-7-20/h2-3,15H,4-14H2,1H3,(H,17,18). The zero-order valence-corrected chi connectivity index (χ0v) is 14.5. The van der Waals surface area contributed by atoms with Crippen molar-refractivity contribution in [3.8, 4) is 0 Å². The van der Waals surface area contributed by atoms with Crippen LogP contribution in [0.15, 0.2) is 17.1 Å². The summed E-state index contributed by atoms with van der Waals surface area (Å²) >= 11 is 2.07. The summed E-state index contributed by atoms with van der Waals surface area (Å²) < 4.78 is 0. The molecule has 3 aliphatic heterocycles. The monoisotopic (exact) mass is 323 g/mol. The van der Waals surface area contributed by atoms with Gasteiger partial charge in [-0.05, 0) is 6.42 Å². The third kappa shape index (κ3) is 4.18. The van der Waals surface area contributed by atoms with E-state index in [4.69, 9.17) is 0 Å². The van der Waals surface area contributed by atoms with Crippen LogP contribution in [-0.2, 0) is 0 Å². The lowest BCUT2D eigenvalue weighted by molar-refractivity contribution is 0.259. The number of aliphatic imine (C=N–C) groups is 1. The Bertz CT molecular complexity index is 397. The van der Waals surface area contributed by atoms with Crippen molar-refractivity contribution in [1.82, 2.24) is 20.0 Å². The first-order chi connectivity index (χ1) is 10.9. The summed E-state index contributed by atoms with van der Waals surface area (Å²) in [5, 5.41) is 3.56. The van der Waals surface area contributed by atoms with Gasteiger partial charge in [-0.3, -0.25) is 14.8 Å². The molecule has 0 radical (unpaired) electrons. The van der Waals surface area contributed by atoms with Gasteiger partial charge in [0.05, 0.1) is 0 Å². The van der Waals surface area contributed by atoms with Crippen LogP contribution in [0, 0.1) is 0 Å². The summed E-state index contributed by atoms with van der Waals surface area (Å²) in [5.74, 6) is 3.65. The molecular weight excluding hydrogens is 294 g/mol. The Labute approximate surface area is 138 Å². The first-order valence-corrected chi connectivity index (χ1v) is 9.67. The van der Waals surface area contributed by atoms with E-state index in [-0.39, 0.29) is 0 Å². The fraction of sp³-hybridized carbons (Fsp3) is 0.812. The Kier molecular flexibility index (Phi) is 6.04. The van der Waals surface area contributed by atoms with E-state index < -0.39 is 0 Å². The van der Waals surface area contributed by atoms with E-state index in [9.17, 15) is 0 Å². The summed E-state index contributed by atoms with van der Waals surface area (Å²) in [4.78, 5) is 12.0. The van der Waals surface area contributed by atoms with Gasteiger partial charge >= 0.3 is 0 Å². The molecule has 6 heteroatoms. The predicted molar refractivity (Wildman–Crippen MR) is 95.8 cm³/mol. The largest absolute Gasteiger partial charge is 0.355 e. The van der Waals surface area contributed by atoms with Gasteiger partial charge < -0.3 is 10.2 Å². The molecule has 0 amide bonds. The summed E-state index contributed by atoms with van der Waals surface area (Å²) in [7, 11) is 1.91. The van der Waals surface area contributed by atoms with Gasteiger partial charge in [-0.1, -0.05) is 12.2 Å². The van der Waals surface area contributed by atoms with Crippen LogP contribution in [0.25, 0.3) is 0 Å². The third-order valence-corrected chi connectivity index (χ3v) is 5.79. The maximum Gasteiger partial charge on any atom is 0.193 e. The van der Waals surface area contributed by atoms with Crippen LogP contribution < -0.4 is 5.32 Å². The summed E-state index contributed by atoms with van der Waals surface area (Å²) in [6.45, 7) is 9.09. The topological polar surface area (TPSA) is 34.1 Å². The highest BCUT2D eigenvalue weighted by Crippen LogP contribution is 2.17. The van der Waals surface area contributed by atoms with Gasteiger partial charge in [-0.25, -0.2) is 0 Å². The van der Waals surface area contributed by atoms with Gasteiger partial charge in [0.25, 0.3) is 0 Å². The molecule has 3 aliphatic rings. The summed E-state index contributed by atoms with van der Waals surface area (Å²) in [5.41, 5.74) is 0. The second-order valence-corrected chi connectivity index (χ2v) is 7.47. The van der Waals surface area contributed by atoms with Crippen molar-refractivity contribution >= 4 is 17.7 Å². The Hall–Kier alpha value is -0.720. The number of likely N-dealkylation sites (tertiary alicyclic amines) is 1. The van der Waals surface area contributed by atoms with Gasteiger partial charge in [0, 0.05) is 77.0 Å². The molecular formula is C16H29N5S. The minimum absolute atomic E-state index is 0.688. The molecule has 3 heterocycles. The minimum atomic E-state index is 0.688. The molecule has 3 rings (SSSR count). The number of nitrogens with zero attached hydrogens (tertiary/aromatic N) is 4. The molecule has 0 bridgehead atoms. The van der Waals surface area contributed by atoms with Crippen molar-refractivity contribution in [3.63, 3.8) is 0 Å². The second kappa shape index (κ2) is 8.22. The van der Waals surface area contributed by atoms with Gasteiger partial charge in [0.15, 0.2) is 5.96 Å². The number of thioether (sulfide) groups is 1. The highest BCUT2D eigenvalue weighted by Gasteiger charge is 2.29. The maximum absolute atomic E-state index is 4.49. The number of guanidine groups is 1. The smallest absolute Gasteiger partial charge is 0.193 e. The Morgan fingerprint density at radius 2 is 2.00 bits per heavy atom. The Balaban J connectivity index is 1.40. The summed E-state index contributed by atoms with van der Waals surface area (Å²) in [6, 6.07) is 0.688. The molecule has 1 atom stereocenters. The zero-order chi connectivity index (χ0) is 15.2. The lowest BCUT2D eigenvalue weighted by Crippen LogP contribution is -2.45. The SMILES string of the molecule is CN=C(NCCN1CCSCC1)N1CCC(N2CC=CC2)C1. The van der Waals surface area contributed by atoms with Crippen molar-refractivity contribution in [3.05, 3.63) is 12.2 Å². The second-order valence-electron chi connectivity index (χ2n) is 6.24. The van der Waals surface area contributed by atoms with Crippen LogP contribution in [0.3, 0.4) is 0 Å². The Morgan fingerprint density at radius 3 is 2.73 bits per heavy atom. The molecule has 0 aromatic heterocycles. The lowest BCUT2D eigenvalue weighted by Gasteiger charge is -2.28. The van der Waals surface area contributed by atoms with Crippen LogP contribution in [-0.4, -0.2) is 97.6 Å². The molecule has 0 saturated carbocycles. The minimum Gasteiger partial charge on any atom is -0.355 e. The highest BCUT2D eigenvalue weighted by molar-refractivity contribution is 7.99. The zero-order valence-electron chi connectivity index (χ0n) is 13.7. The number of hydrogen-bond donors (Lipinski definition) is 1. The predicted octanol–water partition coefficient (Wildman–Crippen LogP) is 0.557. The van der Waals surface area contributed by atoms with E-state index >= 15 is 0 Å². The van der Waals surface area contributed by atoms with Crippen LogP contribution in [0.2, 0.25) is 0 Å².